The predicted octanol–water partition coefficient (Wildman–Crippen LogP) is 2.50. The van der Waals surface area contributed by atoms with Crippen LogP contribution in [0.15, 0.2) is 53.8 Å². The number of hydrogen-bond donors (Lipinski definition) is 2. The number of benzene rings is 1. The van der Waals surface area contributed by atoms with E-state index in [1.807, 2.05) is 31.3 Å². The molecule has 2 heterocycles. The Balaban J connectivity index is 1.61. The molecule has 3 rings (SSSR count). The van der Waals surface area contributed by atoms with E-state index in [1.165, 1.54) is 18.4 Å². The molecule has 2 aromatic rings. The normalized spacial score (nSPS) is 16.3. The van der Waals surface area contributed by atoms with Crippen LogP contribution in [0.3, 0.4) is 0 Å². The number of ether oxygens (including phenoxy) is 1. The fraction of sp³-hybridized carbons (Fsp3) is 0.476. The van der Waals surface area contributed by atoms with Crippen LogP contribution in [-0.2, 0) is 6.54 Å². The smallest absolute Gasteiger partial charge is 0.191 e. The number of aromatic nitrogens is 1. The number of rotatable bonds is 8. The molecule has 1 aromatic heterocycles. The van der Waals surface area contributed by atoms with Crippen molar-refractivity contribution in [1.82, 2.24) is 20.1 Å². The van der Waals surface area contributed by atoms with Crippen molar-refractivity contribution >= 4 is 5.96 Å². The Morgan fingerprint density at radius 3 is 2.56 bits per heavy atom. The summed E-state index contributed by atoms with van der Waals surface area (Å²) in [5.41, 5.74) is 1.23. The van der Waals surface area contributed by atoms with Crippen molar-refractivity contribution in [3.05, 3.63) is 54.4 Å². The van der Waals surface area contributed by atoms with Crippen LogP contribution in [0.4, 0.5) is 0 Å². The maximum atomic E-state index is 5.62. The Morgan fingerprint density at radius 1 is 1.11 bits per heavy atom. The molecule has 6 heteroatoms. The first-order valence-electron chi connectivity index (χ1n) is 9.74. The van der Waals surface area contributed by atoms with Gasteiger partial charge in [0.1, 0.15) is 5.75 Å². The highest BCUT2D eigenvalue weighted by molar-refractivity contribution is 5.79. The van der Waals surface area contributed by atoms with Crippen molar-refractivity contribution in [3.63, 3.8) is 0 Å². The second kappa shape index (κ2) is 10.0. The standard InChI is InChI=1S/C21H31N5O/c1-22-21(23-11-16-25-12-5-6-13-25)24-17-19(26-14-7-8-15-26)18-9-3-4-10-20(18)27-2/h3-6,9-10,12-13,19H,7-8,11,14-17H2,1-2H3,(H2,22,23,24). The minimum Gasteiger partial charge on any atom is -0.496 e. The third kappa shape index (κ3) is 5.26. The van der Waals surface area contributed by atoms with Crippen molar-refractivity contribution in [2.45, 2.75) is 25.4 Å². The van der Waals surface area contributed by atoms with Gasteiger partial charge >= 0.3 is 0 Å². The van der Waals surface area contributed by atoms with Crippen molar-refractivity contribution in [1.29, 1.82) is 0 Å². The molecule has 0 saturated carbocycles. The minimum absolute atomic E-state index is 0.270. The van der Waals surface area contributed by atoms with Gasteiger partial charge in [-0.25, -0.2) is 0 Å². The first-order chi connectivity index (χ1) is 13.3. The average molecular weight is 370 g/mol. The average Bonchev–Trinajstić information content (AvgIpc) is 3.41. The Morgan fingerprint density at radius 2 is 1.85 bits per heavy atom. The van der Waals surface area contributed by atoms with E-state index in [4.69, 9.17) is 4.74 Å². The summed E-state index contributed by atoms with van der Waals surface area (Å²) in [5, 5.41) is 6.91. The third-order valence-electron chi connectivity index (χ3n) is 5.09. The summed E-state index contributed by atoms with van der Waals surface area (Å²) < 4.78 is 7.78. The molecule has 6 nitrogen and oxygen atoms in total. The second-order valence-electron chi connectivity index (χ2n) is 6.80. The quantitative estimate of drug-likeness (QED) is 0.555. The molecule has 0 radical (unpaired) electrons. The van der Waals surface area contributed by atoms with E-state index < -0.39 is 0 Å². The third-order valence-corrected chi connectivity index (χ3v) is 5.09. The zero-order chi connectivity index (χ0) is 18.9. The van der Waals surface area contributed by atoms with Crippen molar-refractivity contribution < 1.29 is 4.74 Å². The van der Waals surface area contributed by atoms with E-state index in [9.17, 15) is 0 Å². The van der Waals surface area contributed by atoms with E-state index in [0.717, 1.165) is 44.4 Å². The number of aliphatic imine (C=N–C) groups is 1. The van der Waals surface area contributed by atoms with Crippen LogP contribution in [0, 0.1) is 0 Å². The fourth-order valence-corrected chi connectivity index (χ4v) is 3.67. The summed E-state index contributed by atoms with van der Waals surface area (Å²) in [6, 6.07) is 12.7. The largest absolute Gasteiger partial charge is 0.496 e. The monoisotopic (exact) mass is 369 g/mol. The molecule has 1 aromatic carbocycles. The highest BCUT2D eigenvalue weighted by atomic mass is 16.5. The highest BCUT2D eigenvalue weighted by Crippen LogP contribution is 2.31. The van der Waals surface area contributed by atoms with Crippen LogP contribution < -0.4 is 15.4 Å². The first kappa shape index (κ1) is 19.3. The van der Waals surface area contributed by atoms with Gasteiger partial charge in [0.2, 0.25) is 0 Å². The van der Waals surface area contributed by atoms with Gasteiger partial charge < -0.3 is 19.9 Å². The topological polar surface area (TPSA) is 53.8 Å². The van der Waals surface area contributed by atoms with Gasteiger partial charge in [-0.2, -0.15) is 0 Å². The minimum atomic E-state index is 0.270. The van der Waals surface area contributed by atoms with Gasteiger partial charge in [-0.05, 0) is 44.1 Å². The summed E-state index contributed by atoms with van der Waals surface area (Å²) in [7, 11) is 3.56. The molecule has 1 aliphatic rings. The number of likely N-dealkylation sites (tertiary alicyclic amines) is 1. The second-order valence-corrected chi connectivity index (χ2v) is 6.80. The summed E-state index contributed by atoms with van der Waals surface area (Å²) >= 11 is 0. The lowest BCUT2D eigenvalue weighted by molar-refractivity contribution is 0.239. The molecule has 1 fully saturated rings. The fourth-order valence-electron chi connectivity index (χ4n) is 3.67. The lowest BCUT2D eigenvalue weighted by Gasteiger charge is -2.30. The highest BCUT2D eigenvalue weighted by Gasteiger charge is 2.25. The number of guanidine groups is 1. The molecule has 27 heavy (non-hydrogen) atoms. The number of hydrogen-bond acceptors (Lipinski definition) is 3. The molecular formula is C21H31N5O. The lowest BCUT2D eigenvalue weighted by atomic mass is 10.0. The van der Waals surface area contributed by atoms with Gasteiger partial charge in [0, 0.05) is 44.6 Å². The van der Waals surface area contributed by atoms with Crippen molar-refractivity contribution in [2.75, 3.05) is 40.3 Å². The SMILES string of the molecule is CN=C(NCCn1cccc1)NCC(c1ccccc1OC)N1CCCC1. The molecular weight excluding hydrogens is 338 g/mol. The summed E-state index contributed by atoms with van der Waals surface area (Å²) in [6.07, 6.45) is 6.66. The van der Waals surface area contributed by atoms with Gasteiger partial charge in [0.05, 0.1) is 13.2 Å². The molecule has 1 atom stereocenters. The Kier molecular flexibility index (Phi) is 7.16. The van der Waals surface area contributed by atoms with Crippen LogP contribution in [0.5, 0.6) is 5.75 Å². The Hall–Kier alpha value is -2.47. The summed E-state index contributed by atoms with van der Waals surface area (Å²) in [6.45, 7) is 4.80. The summed E-state index contributed by atoms with van der Waals surface area (Å²) in [5.74, 6) is 1.79. The molecule has 1 aliphatic heterocycles. The number of methoxy groups -OCH3 is 1. The van der Waals surface area contributed by atoms with E-state index in [0.29, 0.717) is 0 Å². The molecule has 0 spiro atoms. The molecule has 0 bridgehead atoms. The van der Waals surface area contributed by atoms with Crippen molar-refractivity contribution in [2.24, 2.45) is 4.99 Å². The molecule has 1 unspecified atom stereocenters. The van der Waals surface area contributed by atoms with Gasteiger partial charge in [0.25, 0.3) is 0 Å². The van der Waals surface area contributed by atoms with Crippen molar-refractivity contribution in [3.8, 4) is 5.75 Å². The van der Waals surface area contributed by atoms with Crippen LogP contribution in [-0.4, -0.2) is 55.8 Å². The van der Waals surface area contributed by atoms with Crippen LogP contribution in [0.25, 0.3) is 0 Å². The first-order valence-corrected chi connectivity index (χ1v) is 9.74. The van der Waals surface area contributed by atoms with Crippen LogP contribution >= 0.6 is 0 Å². The van der Waals surface area contributed by atoms with E-state index in [1.54, 1.807) is 7.11 Å². The molecule has 2 N–H and O–H groups in total. The van der Waals surface area contributed by atoms with E-state index in [2.05, 4.69) is 49.6 Å². The van der Waals surface area contributed by atoms with Crippen LogP contribution in [0.2, 0.25) is 0 Å². The zero-order valence-corrected chi connectivity index (χ0v) is 16.4. The zero-order valence-electron chi connectivity index (χ0n) is 16.4. The van der Waals surface area contributed by atoms with Gasteiger partial charge in [-0.3, -0.25) is 9.89 Å². The van der Waals surface area contributed by atoms with Gasteiger partial charge in [-0.15, -0.1) is 0 Å². The van der Waals surface area contributed by atoms with Gasteiger partial charge in [0.15, 0.2) is 5.96 Å². The molecule has 1 saturated heterocycles. The van der Waals surface area contributed by atoms with E-state index in [-0.39, 0.29) is 6.04 Å². The number of para-hydroxylation sites is 1. The maximum Gasteiger partial charge on any atom is 0.191 e. The Bertz CT molecular complexity index is 707. The molecule has 146 valence electrons. The molecule has 0 amide bonds. The summed E-state index contributed by atoms with van der Waals surface area (Å²) in [4.78, 5) is 6.92. The van der Waals surface area contributed by atoms with Gasteiger partial charge in [-0.1, -0.05) is 18.2 Å². The Labute approximate surface area is 162 Å². The maximum absolute atomic E-state index is 5.62. The van der Waals surface area contributed by atoms with Crippen LogP contribution in [0.1, 0.15) is 24.4 Å². The lowest BCUT2D eigenvalue weighted by Crippen LogP contribution is -2.43. The number of nitrogens with zero attached hydrogens (tertiary/aromatic N) is 3. The van der Waals surface area contributed by atoms with E-state index >= 15 is 0 Å². The predicted molar refractivity (Wildman–Crippen MR) is 110 cm³/mol. The molecule has 0 aliphatic carbocycles. The number of nitrogens with one attached hydrogen (secondary N) is 2.